The molecule has 0 unspecified atom stereocenters. The molecule has 0 bridgehead atoms. The molecule has 0 saturated heterocycles. The molecule has 2 aromatic rings. The number of imidazole rings is 1. The molecule has 8 nitrogen and oxygen atoms in total. The van der Waals surface area contributed by atoms with Gasteiger partial charge in [0.2, 0.25) is 0 Å². The molecule has 0 aliphatic carbocycles. The molecule has 23 heavy (non-hydrogen) atoms. The Kier molecular flexibility index (Phi) is 5.20. The van der Waals surface area contributed by atoms with Crippen LogP contribution in [0.2, 0.25) is 0 Å². The van der Waals surface area contributed by atoms with Crippen molar-refractivity contribution in [2.75, 3.05) is 0 Å². The molecule has 0 saturated carbocycles. The number of nitrogens with one attached hydrogen (secondary N) is 1. The van der Waals surface area contributed by atoms with Gasteiger partial charge in [0, 0.05) is 31.4 Å². The molecule has 0 amide bonds. The fraction of sp³-hybridized carbons (Fsp3) is 0.643. The third-order valence-corrected chi connectivity index (χ3v) is 5.01. The zero-order valence-electron chi connectivity index (χ0n) is 14.1. The van der Waals surface area contributed by atoms with Gasteiger partial charge < -0.3 is 4.57 Å². The van der Waals surface area contributed by atoms with Gasteiger partial charge in [-0.2, -0.15) is 0 Å². The van der Waals surface area contributed by atoms with E-state index in [4.69, 9.17) is 0 Å². The van der Waals surface area contributed by atoms with Gasteiger partial charge in [0.25, 0.3) is 10.0 Å². The van der Waals surface area contributed by atoms with Gasteiger partial charge in [0.1, 0.15) is 5.82 Å². The van der Waals surface area contributed by atoms with Gasteiger partial charge in [-0.1, -0.05) is 32.9 Å². The van der Waals surface area contributed by atoms with Crippen LogP contribution in [-0.4, -0.2) is 39.0 Å². The Balaban J connectivity index is 2.22. The van der Waals surface area contributed by atoms with Crippen LogP contribution in [0.25, 0.3) is 0 Å². The fourth-order valence-corrected chi connectivity index (χ4v) is 3.67. The average Bonchev–Trinajstić information content (AvgIpc) is 3.07. The van der Waals surface area contributed by atoms with E-state index in [2.05, 4.69) is 20.0 Å². The lowest BCUT2D eigenvalue weighted by Gasteiger charge is -2.21. The quantitative estimate of drug-likeness (QED) is 0.815. The van der Waals surface area contributed by atoms with Crippen LogP contribution in [0.5, 0.6) is 0 Å². The molecule has 0 radical (unpaired) electrons. The molecule has 2 rings (SSSR count). The fourth-order valence-electron chi connectivity index (χ4n) is 2.29. The summed E-state index contributed by atoms with van der Waals surface area (Å²) in [4.78, 5) is 4.27. The van der Waals surface area contributed by atoms with Gasteiger partial charge >= 0.3 is 0 Å². The maximum Gasteiger partial charge on any atom is 0.259 e. The standard InChI is InChI=1S/C14H24N6O2S/c1-10(2)12(8-20-7-6-15-18-20)17-23(21,22)13-9-19(5)14(16-13)11(3)4/h6-7,9-12,17H,8H2,1-5H3/t12-/m0/s1. The van der Waals surface area contributed by atoms with E-state index in [0.29, 0.717) is 6.54 Å². The van der Waals surface area contributed by atoms with Crippen LogP contribution in [0.3, 0.4) is 0 Å². The lowest BCUT2D eigenvalue weighted by Crippen LogP contribution is -2.41. The Labute approximate surface area is 137 Å². The van der Waals surface area contributed by atoms with E-state index in [1.807, 2.05) is 27.7 Å². The second kappa shape index (κ2) is 6.79. The van der Waals surface area contributed by atoms with Gasteiger partial charge in [-0.05, 0) is 5.92 Å². The molecule has 2 heterocycles. The molecule has 0 fully saturated rings. The van der Waals surface area contributed by atoms with Crippen molar-refractivity contribution in [3.05, 3.63) is 24.4 Å². The van der Waals surface area contributed by atoms with Gasteiger partial charge in [0.05, 0.1) is 12.7 Å². The largest absolute Gasteiger partial charge is 0.336 e. The summed E-state index contributed by atoms with van der Waals surface area (Å²) in [6, 6.07) is -0.300. The van der Waals surface area contributed by atoms with E-state index in [1.165, 1.54) is 0 Å². The number of aromatic nitrogens is 5. The summed E-state index contributed by atoms with van der Waals surface area (Å²) in [6.07, 6.45) is 4.82. The second-order valence-electron chi connectivity index (χ2n) is 6.30. The highest BCUT2D eigenvalue weighted by atomic mass is 32.2. The average molecular weight is 340 g/mol. The highest BCUT2D eigenvalue weighted by Gasteiger charge is 2.26. The lowest BCUT2D eigenvalue weighted by atomic mass is 10.1. The van der Waals surface area contributed by atoms with Crippen molar-refractivity contribution in [3.63, 3.8) is 0 Å². The molecule has 1 N–H and O–H groups in total. The Morgan fingerprint density at radius 3 is 2.43 bits per heavy atom. The van der Waals surface area contributed by atoms with Gasteiger partial charge in [-0.3, -0.25) is 4.68 Å². The van der Waals surface area contributed by atoms with Crippen molar-refractivity contribution in [1.82, 2.24) is 29.3 Å². The minimum atomic E-state index is -3.69. The summed E-state index contributed by atoms with van der Waals surface area (Å²) in [7, 11) is -1.88. The maximum absolute atomic E-state index is 12.6. The first kappa shape index (κ1) is 17.6. The lowest BCUT2D eigenvalue weighted by molar-refractivity contribution is 0.378. The maximum atomic E-state index is 12.6. The van der Waals surface area contributed by atoms with E-state index in [9.17, 15) is 8.42 Å². The van der Waals surface area contributed by atoms with E-state index >= 15 is 0 Å². The predicted molar refractivity (Wildman–Crippen MR) is 86.3 cm³/mol. The Hall–Kier alpha value is -1.74. The summed E-state index contributed by atoms with van der Waals surface area (Å²) < 4.78 is 31.4. The second-order valence-corrected chi connectivity index (χ2v) is 7.96. The summed E-state index contributed by atoms with van der Waals surface area (Å²) in [5, 5.41) is 7.69. The van der Waals surface area contributed by atoms with E-state index in [1.54, 1.807) is 34.9 Å². The third kappa shape index (κ3) is 4.17. The van der Waals surface area contributed by atoms with Crippen molar-refractivity contribution < 1.29 is 8.42 Å². The molecule has 0 spiro atoms. The number of hydrogen-bond acceptors (Lipinski definition) is 5. The monoisotopic (exact) mass is 340 g/mol. The van der Waals surface area contributed by atoms with Crippen LogP contribution in [0.15, 0.2) is 23.6 Å². The highest BCUT2D eigenvalue weighted by molar-refractivity contribution is 7.89. The summed E-state index contributed by atoms with van der Waals surface area (Å²) >= 11 is 0. The summed E-state index contributed by atoms with van der Waals surface area (Å²) in [5.74, 6) is 0.991. The first-order valence-corrected chi connectivity index (χ1v) is 9.08. The molecule has 0 aliphatic rings. The van der Waals surface area contributed by atoms with Crippen molar-refractivity contribution in [2.24, 2.45) is 13.0 Å². The molecular formula is C14H24N6O2S. The van der Waals surface area contributed by atoms with Crippen LogP contribution in [0.4, 0.5) is 0 Å². The van der Waals surface area contributed by atoms with Crippen LogP contribution in [-0.2, 0) is 23.6 Å². The molecule has 2 aromatic heterocycles. The Bertz CT molecular complexity index is 733. The molecule has 128 valence electrons. The predicted octanol–water partition coefficient (Wildman–Crippen LogP) is 1.14. The number of rotatable bonds is 7. The number of sulfonamides is 1. The van der Waals surface area contributed by atoms with Crippen molar-refractivity contribution >= 4 is 10.0 Å². The molecule has 1 atom stereocenters. The molecule has 0 aliphatic heterocycles. The summed E-state index contributed by atoms with van der Waals surface area (Å²) in [5.41, 5.74) is 0. The van der Waals surface area contributed by atoms with Gasteiger partial charge in [-0.15, -0.1) is 5.10 Å². The van der Waals surface area contributed by atoms with Gasteiger partial charge in [0.15, 0.2) is 5.03 Å². The molecular weight excluding hydrogens is 316 g/mol. The minimum Gasteiger partial charge on any atom is -0.336 e. The van der Waals surface area contributed by atoms with E-state index < -0.39 is 10.0 Å². The van der Waals surface area contributed by atoms with Crippen molar-refractivity contribution in [1.29, 1.82) is 0 Å². The summed E-state index contributed by atoms with van der Waals surface area (Å²) in [6.45, 7) is 8.30. The number of nitrogens with zero attached hydrogens (tertiary/aromatic N) is 5. The van der Waals surface area contributed by atoms with Crippen molar-refractivity contribution in [2.45, 2.75) is 51.2 Å². The van der Waals surface area contributed by atoms with Crippen molar-refractivity contribution in [3.8, 4) is 0 Å². The molecule has 9 heteroatoms. The Morgan fingerprint density at radius 2 is 1.96 bits per heavy atom. The first-order chi connectivity index (χ1) is 10.7. The number of hydrogen-bond donors (Lipinski definition) is 1. The van der Waals surface area contributed by atoms with Crippen LogP contribution < -0.4 is 4.72 Å². The smallest absolute Gasteiger partial charge is 0.259 e. The highest BCUT2D eigenvalue weighted by Crippen LogP contribution is 2.17. The Morgan fingerprint density at radius 1 is 1.26 bits per heavy atom. The topological polar surface area (TPSA) is 94.7 Å². The SMILES string of the molecule is CC(C)c1nc(S(=O)(=O)N[C@@H](Cn2ccnn2)C(C)C)cn1C. The van der Waals surface area contributed by atoms with E-state index in [-0.39, 0.29) is 22.9 Å². The van der Waals surface area contributed by atoms with Crippen LogP contribution in [0, 0.1) is 5.92 Å². The number of aryl methyl sites for hydroxylation is 1. The van der Waals surface area contributed by atoms with E-state index in [0.717, 1.165) is 5.82 Å². The van der Waals surface area contributed by atoms with Crippen LogP contribution in [0.1, 0.15) is 39.4 Å². The normalized spacial score (nSPS) is 13.9. The zero-order chi connectivity index (χ0) is 17.2. The zero-order valence-corrected chi connectivity index (χ0v) is 14.9. The molecule has 0 aromatic carbocycles. The van der Waals surface area contributed by atoms with Crippen LogP contribution >= 0.6 is 0 Å². The minimum absolute atomic E-state index is 0.0490. The third-order valence-electron chi connectivity index (χ3n) is 3.65. The first-order valence-electron chi connectivity index (χ1n) is 7.60. The van der Waals surface area contributed by atoms with Gasteiger partial charge in [-0.25, -0.2) is 18.1 Å².